The van der Waals surface area contributed by atoms with Gasteiger partial charge in [0.25, 0.3) is 0 Å². The van der Waals surface area contributed by atoms with Gasteiger partial charge in [-0.25, -0.2) is 4.98 Å². The van der Waals surface area contributed by atoms with Gasteiger partial charge in [-0.05, 0) is 37.2 Å². The predicted molar refractivity (Wildman–Crippen MR) is 78.4 cm³/mol. The molecule has 0 bridgehead atoms. The molecule has 0 fully saturated rings. The molecule has 0 amide bonds. The van der Waals surface area contributed by atoms with E-state index in [1.165, 1.54) is 5.56 Å². The molecule has 1 atom stereocenters. The first kappa shape index (κ1) is 14.0. The van der Waals surface area contributed by atoms with Crippen molar-refractivity contribution < 1.29 is 4.74 Å². The molecule has 2 rings (SSSR count). The lowest BCUT2D eigenvalue weighted by molar-refractivity contribution is 0.384. The lowest BCUT2D eigenvalue weighted by atomic mass is 9.99. The molecule has 0 spiro atoms. The van der Waals surface area contributed by atoms with Crippen LogP contribution in [0.2, 0.25) is 0 Å². The molecule has 1 N–H and O–H groups in total. The molecular weight excluding hydrogens is 306 g/mol. The van der Waals surface area contributed by atoms with Gasteiger partial charge >= 0.3 is 0 Å². The van der Waals surface area contributed by atoms with Crippen molar-refractivity contribution in [3.8, 4) is 5.88 Å². The van der Waals surface area contributed by atoms with Gasteiger partial charge in [-0.1, -0.05) is 22.0 Å². The molecule has 1 unspecified atom stereocenters. The zero-order chi connectivity index (χ0) is 13.8. The molecule has 1 heterocycles. The van der Waals surface area contributed by atoms with Gasteiger partial charge < -0.3 is 10.1 Å². The summed E-state index contributed by atoms with van der Waals surface area (Å²) in [5.74, 6) is 0.546. The molecule has 0 radical (unpaired) electrons. The van der Waals surface area contributed by atoms with Crippen LogP contribution in [-0.4, -0.2) is 24.1 Å². The minimum Gasteiger partial charge on any atom is -0.480 e. The second kappa shape index (κ2) is 6.12. The molecule has 19 heavy (non-hydrogen) atoms. The third-order valence-electron chi connectivity index (χ3n) is 2.99. The van der Waals surface area contributed by atoms with E-state index in [2.05, 4.69) is 50.3 Å². The lowest BCUT2D eigenvalue weighted by Gasteiger charge is -2.19. The van der Waals surface area contributed by atoms with Crippen LogP contribution in [0.1, 0.15) is 22.9 Å². The van der Waals surface area contributed by atoms with Crippen molar-refractivity contribution in [3.63, 3.8) is 0 Å². The summed E-state index contributed by atoms with van der Waals surface area (Å²) in [4.78, 5) is 8.60. The number of nitrogens with zero attached hydrogens (tertiary/aromatic N) is 2. The molecule has 1 aromatic carbocycles. The van der Waals surface area contributed by atoms with Crippen molar-refractivity contribution in [2.75, 3.05) is 14.2 Å². The summed E-state index contributed by atoms with van der Waals surface area (Å²) < 4.78 is 6.35. The molecule has 0 aliphatic heterocycles. The molecule has 0 saturated heterocycles. The van der Waals surface area contributed by atoms with E-state index in [0.29, 0.717) is 5.88 Å². The van der Waals surface area contributed by atoms with E-state index in [0.717, 1.165) is 15.7 Å². The van der Waals surface area contributed by atoms with Crippen LogP contribution in [-0.2, 0) is 0 Å². The lowest BCUT2D eigenvalue weighted by Crippen LogP contribution is -2.21. The molecular formula is C14H16BrN3O. The topological polar surface area (TPSA) is 47.0 Å². The third-order valence-corrected chi connectivity index (χ3v) is 3.48. The summed E-state index contributed by atoms with van der Waals surface area (Å²) in [5, 5.41) is 3.27. The number of aromatic nitrogens is 2. The van der Waals surface area contributed by atoms with Crippen LogP contribution in [0.4, 0.5) is 0 Å². The number of hydrogen-bond acceptors (Lipinski definition) is 4. The second-order valence-electron chi connectivity index (χ2n) is 4.17. The van der Waals surface area contributed by atoms with Crippen molar-refractivity contribution in [1.29, 1.82) is 0 Å². The molecule has 100 valence electrons. The quantitative estimate of drug-likeness (QED) is 0.940. The van der Waals surface area contributed by atoms with Crippen LogP contribution in [0, 0.1) is 6.92 Å². The Labute approximate surface area is 121 Å². The first-order valence-corrected chi connectivity index (χ1v) is 6.75. The average molecular weight is 322 g/mol. The zero-order valence-electron chi connectivity index (χ0n) is 11.1. The highest BCUT2D eigenvalue weighted by atomic mass is 79.9. The van der Waals surface area contributed by atoms with Crippen LogP contribution in [0.5, 0.6) is 5.88 Å². The highest BCUT2D eigenvalue weighted by Crippen LogP contribution is 2.29. The van der Waals surface area contributed by atoms with Gasteiger partial charge in [0.15, 0.2) is 0 Å². The number of benzene rings is 1. The maximum absolute atomic E-state index is 5.29. The fourth-order valence-corrected chi connectivity index (χ4v) is 2.57. The maximum atomic E-state index is 5.29. The van der Waals surface area contributed by atoms with Gasteiger partial charge in [-0.2, -0.15) is 0 Å². The fraction of sp³-hybridized carbons (Fsp3) is 0.286. The largest absolute Gasteiger partial charge is 0.480 e. The summed E-state index contributed by atoms with van der Waals surface area (Å²) in [5.41, 5.74) is 3.13. The van der Waals surface area contributed by atoms with Crippen LogP contribution in [0.15, 0.2) is 35.1 Å². The molecule has 4 nitrogen and oxygen atoms in total. The van der Waals surface area contributed by atoms with E-state index in [-0.39, 0.29) is 6.04 Å². The molecule has 0 saturated carbocycles. The highest BCUT2D eigenvalue weighted by molar-refractivity contribution is 9.10. The Balaban J connectivity index is 2.50. The number of nitrogens with one attached hydrogen (secondary N) is 1. The van der Waals surface area contributed by atoms with E-state index < -0.39 is 0 Å². The standard InChI is InChI=1S/C14H16BrN3O/c1-9-8-10(15)4-5-11(9)12(16-2)13-14(19-3)18-7-6-17-13/h4-8,12,16H,1-3H3. The monoisotopic (exact) mass is 321 g/mol. The van der Waals surface area contributed by atoms with Crippen LogP contribution in [0.3, 0.4) is 0 Å². The number of methoxy groups -OCH3 is 1. The van der Waals surface area contributed by atoms with Crippen molar-refractivity contribution in [2.45, 2.75) is 13.0 Å². The van der Waals surface area contributed by atoms with Crippen molar-refractivity contribution in [1.82, 2.24) is 15.3 Å². The summed E-state index contributed by atoms with van der Waals surface area (Å²) in [6.07, 6.45) is 3.31. The van der Waals surface area contributed by atoms with Crippen molar-refractivity contribution in [2.24, 2.45) is 0 Å². The van der Waals surface area contributed by atoms with E-state index >= 15 is 0 Å². The Morgan fingerprint density at radius 2 is 2.00 bits per heavy atom. The Hall–Kier alpha value is -1.46. The first-order chi connectivity index (χ1) is 9.17. The zero-order valence-corrected chi connectivity index (χ0v) is 12.7. The molecule has 2 aromatic rings. The smallest absolute Gasteiger partial charge is 0.237 e. The van der Waals surface area contributed by atoms with Gasteiger partial charge in [-0.15, -0.1) is 0 Å². The highest BCUT2D eigenvalue weighted by Gasteiger charge is 2.20. The number of halogens is 1. The van der Waals surface area contributed by atoms with Crippen LogP contribution < -0.4 is 10.1 Å². The maximum Gasteiger partial charge on any atom is 0.237 e. The molecule has 0 aliphatic rings. The Bertz CT molecular complexity index is 574. The Kier molecular flexibility index (Phi) is 4.50. The summed E-state index contributed by atoms with van der Waals surface area (Å²) in [6, 6.07) is 6.14. The Morgan fingerprint density at radius 1 is 1.26 bits per heavy atom. The Morgan fingerprint density at radius 3 is 2.63 bits per heavy atom. The minimum atomic E-state index is -0.0447. The van der Waals surface area contributed by atoms with E-state index in [9.17, 15) is 0 Å². The molecule has 5 heteroatoms. The van der Waals surface area contributed by atoms with E-state index in [1.54, 1.807) is 19.5 Å². The van der Waals surface area contributed by atoms with Gasteiger partial charge in [0.1, 0.15) is 5.69 Å². The van der Waals surface area contributed by atoms with Crippen LogP contribution in [0.25, 0.3) is 0 Å². The first-order valence-electron chi connectivity index (χ1n) is 5.95. The van der Waals surface area contributed by atoms with Crippen LogP contribution >= 0.6 is 15.9 Å². The predicted octanol–water partition coefficient (Wildman–Crippen LogP) is 2.86. The average Bonchev–Trinajstić information content (AvgIpc) is 2.42. The van der Waals surface area contributed by atoms with Crippen molar-refractivity contribution in [3.05, 3.63) is 51.9 Å². The number of rotatable bonds is 4. The normalized spacial score (nSPS) is 12.2. The molecule has 0 aliphatic carbocycles. The van der Waals surface area contributed by atoms with E-state index in [1.807, 2.05) is 13.1 Å². The summed E-state index contributed by atoms with van der Waals surface area (Å²) in [7, 11) is 3.51. The number of ether oxygens (including phenoxy) is 1. The second-order valence-corrected chi connectivity index (χ2v) is 5.09. The molecule has 1 aromatic heterocycles. The number of hydrogen-bond donors (Lipinski definition) is 1. The van der Waals surface area contributed by atoms with Crippen molar-refractivity contribution >= 4 is 15.9 Å². The minimum absolute atomic E-state index is 0.0447. The van der Waals surface area contributed by atoms with Gasteiger partial charge in [0.05, 0.1) is 13.2 Å². The number of aryl methyl sites for hydroxylation is 1. The fourth-order valence-electron chi connectivity index (χ4n) is 2.09. The van der Waals surface area contributed by atoms with Gasteiger partial charge in [0.2, 0.25) is 5.88 Å². The van der Waals surface area contributed by atoms with E-state index in [4.69, 9.17) is 4.74 Å². The third kappa shape index (κ3) is 2.93. The van der Waals surface area contributed by atoms with Gasteiger partial charge in [0, 0.05) is 16.9 Å². The summed E-state index contributed by atoms with van der Waals surface area (Å²) >= 11 is 3.48. The SMILES string of the molecule is CNC(c1ccc(Br)cc1C)c1nccnc1OC. The summed E-state index contributed by atoms with van der Waals surface area (Å²) in [6.45, 7) is 2.08. The van der Waals surface area contributed by atoms with Gasteiger partial charge in [-0.3, -0.25) is 4.98 Å².